The molecule has 0 fully saturated rings. The number of ether oxygens (including phenoxy) is 1. The Morgan fingerprint density at radius 1 is 1.05 bits per heavy atom. The highest BCUT2D eigenvalue weighted by Crippen LogP contribution is 2.22. The van der Waals surface area contributed by atoms with E-state index in [0.717, 1.165) is 17.9 Å². The Balaban J connectivity index is 1.77. The molecule has 0 aliphatic rings. The maximum Gasteiger partial charge on any atom is 0.119 e. The van der Waals surface area contributed by atoms with Gasteiger partial charge in [-0.25, -0.2) is 0 Å². The lowest BCUT2D eigenvalue weighted by molar-refractivity contribution is 0.328. The zero-order chi connectivity index (χ0) is 13.3. The molecule has 1 aromatic carbocycles. The highest BCUT2D eigenvalue weighted by Gasteiger charge is 1.97. The molecule has 2 rings (SSSR count). The van der Waals surface area contributed by atoms with Gasteiger partial charge in [-0.1, -0.05) is 0 Å². The van der Waals surface area contributed by atoms with E-state index < -0.39 is 0 Å². The Labute approximate surface area is 118 Å². The van der Waals surface area contributed by atoms with Crippen molar-refractivity contribution in [2.45, 2.75) is 11.3 Å². The van der Waals surface area contributed by atoms with Gasteiger partial charge in [-0.15, -0.1) is 11.8 Å². The third kappa shape index (κ3) is 4.93. The molecule has 0 aliphatic carbocycles. The summed E-state index contributed by atoms with van der Waals surface area (Å²) in [6.07, 6.45) is 4.73. The van der Waals surface area contributed by atoms with Crippen LogP contribution in [-0.2, 0) is 6.42 Å². The Morgan fingerprint density at radius 3 is 2.47 bits per heavy atom. The summed E-state index contributed by atoms with van der Waals surface area (Å²) in [5.74, 6) is 1.94. The van der Waals surface area contributed by atoms with Crippen molar-refractivity contribution >= 4 is 11.8 Å². The summed E-state index contributed by atoms with van der Waals surface area (Å²) in [6.45, 7) is 1.11. The van der Waals surface area contributed by atoms with Crippen molar-refractivity contribution in [3.63, 3.8) is 0 Å². The summed E-state index contributed by atoms with van der Waals surface area (Å²) < 4.78 is 5.44. The molecular weight excluding hydrogens is 256 g/mol. The van der Waals surface area contributed by atoms with Crippen molar-refractivity contribution < 1.29 is 4.74 Å². The van der Waals surface area contributed by atoms with Crippen molar-refractivity contribution in [3.8, 4) is 5.75 Å². The monoisotopic (exact) mass is 274 g/mol. The van der Waals surface area contributed by atoms with E-state index in [4.69, 9.17) is 10.5 Å². The van der Waals surface area contributed by atoms with Gasteiger partial charge in [0.25, 0.3) is 0 Å². The largest absolute Gasteiger partial charge is 0.492 e. The Kier molecular flexibility index (Phi) is 5.72. The fourth-order valence-electron chi connectivity index (χ4n) is 1.65. The van der Waals surface area contributed by atoms with Crippen LogP contribution in [0, 0.1) is 0 Å². The first-order valence-corrected chi connectivity index (χ1v) is 7.31. The summed E-state index contributed by atoms with van der Waals surface area (Å²) in [5.41, 5.74) is 6.72. The predicted molar refractivity (Wildman–Crippen MR) is 79.7 cm³/mol. The van der Waals surface area contributed by atoms with Gasteiger partial charge in [0.15, 0.2) is 0 Å². The van der Waals surface area contributed by atoms with Gasteiger partial charge in [-0.2, -0.15) is 0 Å². The van der Waals surface area contributed by atoms with Crippen LogP contribution in [-0.4, -0.2) is 23.9 Å². The standard InChI is InChI=1S/C15H18N2OS/c16-8-11-18-14-1-3-15(4-2-14)19-12-7-13-5-9-17-10-6-13/h1-6,9-10H,7-8,11-12,16H2. The van der Waals surface area contributed by atoms with Gasteiger partial charge < -0.3 is 10.5 Å². The number of rotatable bonds is 7. The molecule has 100 valence electrons. The Bertz CT molecular complexity index is 473. The SMILES string of the molecule is NCCOc1ccc(SCCc2ccncc2)cc1. The molecule has 0 saturated carbocycles. The lowest BCUT2D eigenvalue weighted by Gasteiger charge is -2.06. The molecule has 1 aromatic heterocycles. The topological polar surface area (TPSA) is 48.1 Å². The molecule has 2 N–H and O–H groups in total. The van der Waals surface area contributed by atoms with E-state index >= 15 is 0 Å². The lowest BCUT2D eigenvalue weighted by Crippen LogP contribution is -2.10. The number of aryl methyl sites for hydroxylation is 1. The molecule has 0 saturated heterocycles. The summed E-state index contributed by atoms with van der Waals surface area (Å²) in [6, 6.07) is 12.3. The zero-order valence-corrected chi connectivity index (χ0v) is 11.6. The number of nitrogens with two attached hydrogens (primary N) is 1. The minimum absolute atomic E-state index is 0.544. The minimum atomic E-state index is 0.544. The minimum Gasteiger partial charge on any atom is -0.492 e. The predicted octanol–water partition coefficient (Wildman–Crippen LogP) is 2.75. The van der Waals surface area contributed by atoms with Crippen LogP contribution in [0.3, 0.4) is 0 Å². The molecule has 0 radical (unpaired) electrons. The average molecular weight is 274 g/mol. The molecule has 0 unspecified atom stereocenters. The number of pyridine rings is 1. The molecule has 4 heteroatoms. The zero-order valence-electron chi connectivity index (χ0n) is 10.8. The molecule has 2 aromatic rings. The fraction of sp³-hybridized carbons (Fsp3) is 0.267. The molecule has 0 spiro atoms. The first-order chi connectivity index (χ1) is 9.38. The first kappa shape index (κ1) is 13.9. The van der Waals surface area contributed by atoms with Crippen LogP contribution in [0.1, 0.15) is 5.56 Å². The van der Waals surface area contributed by atoms with Crippen LogP contribution >= 0.6 is 11.8 Å². The van der Waals surface area contributed by atoms with Gasteiger partial charge in [-0.3, -0.25) is 4.98 Å². The molecule has 0 atom stereocenters. The van der Waals surface area contributed by atoms with Crippen LogP contribution in [0.2, 0.25) is 0 Å². The maximum absolute atomic E-state index is 5.44. The molecule has 19 heavy (non-hydrogen) atoms. The first-order valence-electron chi connectivity index (χ1n) is 6.33. The van der Waals surface area contributed by atoms with Crippen molar-refractivity contribution in [1.29, 1.82) is 0 Å². The lowest BCUT2D eigenvalue weighted by atomic mass is 10.2. The molecular formula is C15H18N2OS. The summed E-state index contributed by atoms with van der Waals surface area (Å²) >= 11 is 1.85. The van der Waals surface area contributed by atoms with E-state index in [0.29, 0.717) is 13.2 Å². The normalized spacial score (nSPS) is 10.4. The van der Waals surface area contributed by atoms with Crippen molar-refractivity contribution in [1.82, 2.24) is 4.98 Å². The van der Waals surface area contributed by atoms with Gasteiger partial charge in [0.2, 0.25) is 0 Å². The number of aromatic nitrogens is 1. The highest BCUT2D eigenvalue weighted by atomic mass is 32.2. The van der Waals surface area contributed by atoms with Crippen molar-refractivity contribution in [3.05, 3.63) is 54.4 Å². The van der Waals surface area contributed by atoms with Crippen LogP contribution in [0.4, 0.5) is 0 Å². The molecule has 1 heterocycles. The Morgan fingerprint density at radius 2 is 1.79 bits per heavy atom. The second-order valence-corrected chi connectivity index (χ2v) is 5.23. The second kappa shape index (κ2) is 7.81. The molecule has 0 amide bonds. The third-order valence-corrected chi connectivity index (χ3v) is 3.63. The van der Waals surface area contributed by atoms with Gasteiger partial charge >= 0.3 is 0 Å². The fourth-order valence-corrected chi connectivity index (χ4v) is 2.55. The van der Waals surface area contributed by atoms with E-state index in [1.54, 1.807) is 0 Å². The van der Waals surface area contributed by atoms with Gasteiger partial charge in [0.1, 0.15) is 12.4 Å². The van der Waals surface area contributed by atoms with Gasteiger partial charge in [-0.05, 0) is 48.4 Å². The van der Waals surface area contributed by atoms with Crippen molar-refractivity contribution in [2.24, 2.45) is 5.73 Å². The number of thioether (sulfide) groups is 1. The third-order valence-electron chi connectivity index (χ3n) is 2.62. The van der Waals surface area contributed by atoms with Crippen molar-refractivity contribution in [2.75, 3.05) is 18.9 Å². The highest BCUT2D eigenvalue weighted by molar-refractivity contribution is 7.99. The number of nitrogens with zero attached hydrogens (tertiary/aromatic N) is 1. The maximum atomic E-state index is 5.44. The Hall–Kier alpha value is -1.52. The smallest absolute Gasteiger partial charge is 0.119 e. The van der Waals surface area contributed by atoms with E-state index in [1.165, 1.54) is 10.5 Å². The van der Waals surface area contributed by atoms with Crippen LogP contribution in [0.25, 0.3) is 0 Å². The van der Waals surface area contributed by atoms with E-state index in [-0.39, 0.29) is 0 Å². The molecule has 0 bridgehead atoms. The van der Waals surface area contributed by atoms with Gasteiger partial charge in [0, 0.05) is 29.6 Å². The van der Waals surface area contributed by atoms with Crippen LogP contribution < -0.4 is 10.5 Å². The summed E-state index contributed by atoms with van der Waals surface area (Å²) in [4.78, 5) is 5.27. The number of benzene rings is 1. The second-order valence-electron chi connectivity index (χ2n) is 4.06. The van der Waals surface area contributed by atoms with Crippen LogP contribution in [0.15, 0.2) is 53.7 Å². The number of hydrogen-bond acceptors (Lipinski definition) is 4. The number of hydrogen-bond donors (Lipinski definition) is 1. The summed E-state index contributed by atoms with van der Waals surface area (Å²) in [7, 11) is 0. The average Bonchev–Trinajstić information content (AvgIpc) is 2.47. The molecule has 0 aliphatic heterocycles. The van der Waals surface area contributed by atoms with E-state index in [1.807, 2.05) is 36.3 Å². The van der Waals surface area contributed by atoms with E-state index in [9.17, 15) is 0 Å². The quantitative estimate of drug-likeness (QED) is 0.789. The van der Waals surface area contributed by atoms with E-state index in [2.05, 4.69) is 29.2 Å². The molecule has 3 nitrogen and oxygen atoms in total. The van der Waals surface area contributed by atoms with Gasteiger partial charge in [0.05, 0.1) is 0 Å². The summed E-state index contributed by atoms with van der Waals surface area (Å²) in [5, 5.41) is 0. The van der Waals surface area contributed by atoms with Crippen LogP contribution in [0.5, 0.6) is 5.75 Å².